The Balaban J connectivity index is 1.72. The van der Waals surface area contributed by atoms with Gasteiger partial charge in [-0.2, -0.15) is 0 Å². The molecule has 2 unspecified atom stereocenters. The highest BCUT2D eigenvalue weighted by atomic mass is 16.5. The van der Waals surface area contributed by atoms with Gasteiger partial charge >= 0.3 is 0 Å². The minimum atomic E-state index is -0.276. The third kappa shape index (κ3) is 3.90. The summed E-state index contributed by atoms with van der Waals surface area (Å²) in [7, 11) is 6.28. The SMILES string of the molecule is COc1cccc(C2CC(=O)NC3=C2C(=O)CC(c2cc(OC)c(OC)c(OC)c2)C3)c1. The van der Waals surface area contributed by atoms with Gasteiger partial charge in [-0.25, -0.2) is 0 Å². The van der Waals surface area contributed by atoms with Crippen molar-refractivity contribution in [3.8, 4) is 23.0 Å². The van der Waals surface area contributed by atoms with E-state index in [-0.39, 0.29) is 29.9 Å². The Morgan fingerprint density at radius 2 is 1.53 bits per heavy atom. The zero-order valence-corrected chi connectivity index (χ0v) is 18.7. The molecule has 1 heterocycles. The molecule has 2 atom stereocenters. The Kier molecular flexibility index (Phi) is 6.08. The van der Waals surface area contributed by atoms with Gasteiger partial charge in [0, 0.05) is 30.0 Å². The first kappa shape index (κ1) is 21.7. The summed E-state index contributed by atoms with van der Waals surface area (Å²) in [6.45, 7) is 0. The highest BCUT2D eigenvalue weighted by Crippen LogP contribution is 2.46. The number of ketones is 1. The smallest absolute Gasteiger partial charge is 0.225 e. The lowest BCUT2D eigenvalue weighted by Crippen LogP contribution is -2.38. The first-order chi connectivity index (χ1) is 15.5. The maximum absolute atomic E-state index is 13.4. The number of amides is 1. The lowest BCUT2D eigenvalue weighted by atomic mass is 9.73. The lowest BCUT2D eigenvalue weighted by molar-refractivity contribution is -0.122. The largest absolute Gasteiger partial charge is 0.497 e. The van der Waals surface area contributed by atoms with Gasteiger partial charge in [0.05, 0.1) is 28.4 Å². The molecule has 0 radical (unpaired) electrons. The second-order valence-corrected chi connectivity index (χ2v) is 7.96. The molecule has 7 heteroatoms. The van der Waals surface area contributed by atoms with Crippen molar-refractivity contribution in [2.45, 2.75) is 31.1 Å². The zero-order valence-electron chi connectivity index (χ0n) is 18.7. The summed E-state index contributed by atoms with van der Waals surface area (Å²) in [5.74, 6) is 1.85. The molecule has 2 aliphatic rings. The molecule has 168 valence electrons. The molecule has 0 saturated heterocycles. The predicted octanol–water partition coefficient (Wildman–Crippen LogP) is 3.73. The third-order valence-corrected chi connectivity index (χ3v) is 6.19. The zero-order chi connectivity index (χ0) is 22.8. The molecule has 4 rings (SSSR count). The minimum absolute atomic E-state index is 0.0396. The Morgan fingerprint density at radius 1 is 0.812 bits per heavy atom. The molecule has 2 aromatic carbocycles. The van der Waals surface area contributed by atoms with Crippen LogP contribution in [0, 0.1) is 0 Å². The topological polar surface area (TPSA) is 83.1 Å². The molecule has 0 aromatic heterocycles. The van der Waals surface area contributed by atoms with E-state index in [1.807, 2.05) is 36.4 Å². The molecule has 0 bridgehead atoms. The molecule has 1 amide bonds. The third-order valence-electron chi connectivity index (χ3n) is 6.19. The van der Waals surface area contributed by atoms with Crippen LogP contribution >= 0.6 is 0 Å². The van der Waals surface area contributed by atoms with Crippen molar-refractivity contribution in [1.82, 2.24) is 5.32 Å². The van der Waals surface area contributed by atoms with Gasteiger partial charge in [-0.3, -0.25) is 9.59 Å². The van der Waals surface area contributed by atoms with Gasteiger partial charge < -0.3 is 24.3 Å². The van der Waals surface area contributed by atoms with E-state index in [4.69, 9.17) is 18.9 Å². The maximum Gasteiger partial charge on any atom is 0.225 e. The van der Waals surface area contributed by atoms with Crippen molar-refractivity contribution in [3.63, 3.8) is 0 Å². The van der Waals surface area contributed by atoms with Gasteiger partial charge in [0.15, 0.2) is 17.3 Å². The molecule has 0 spiro atoms. The number of carbonyl (C=O) groups is 2. The number of methoxy groups -OCH3 is 4. The van der Waals surface area contributed by atoms with Crippen LogP contribution < -0.4 is 24.3 Å². The summed E-state index contributed by atoms with van der Waals surface area (Å²) in [6, 6.07) is 11.3. The number of hydrogen-bond acceptors (Lipinski definition) is 6. The van der Waals surface area contributed by atoms with Crippen LogP contribution in [0.5, 0.6) is 23.0 Å². The number of nitrogens with one attached hydrogen (secondary N) is 1. The first-order valence-electron chi connectivity index (χ1n) is 10.5. The molecule has 0 saturated carbocycles. The van der Waals surface area contributed by atoms with Crippen LogP contribution in [-0.4, -0.2) is 40.1 Å². The normalized spacial score (nSPS) is 20.4. The average Bonchev–Trinajstić information content (AvgIpc) is 2.82. The predicted molar refractivity (Wildman–Crippen MR) is 119 cm³/mol. The van der Waals surface area contributed by atoms with Crippen molar-refractivity contribution in [3.05, 3.63) is 58.8 Å². The molecule has 0 fully saturated rings. The second kappa shape index (κ2) is 8.94. The van der Waals surface area contributed by atoms with Crippen LogP contribution in [0.3, 0.4) is 0 Å². The van der Waals surface area contributed by atoms with Crippen LogP contribution in [0.2, 0.25) is 0 Å². The maximum atomic E-state index is 13.4. The molecule has 32 heavy (non-hydrogen) atoms. The van der Waals surface area contributed by atoms with Crippen LogP contribution in [0.25, 0.3) is 0 Å². The number of rotatable bonds is 6. The van der Waals surface area contributed by atoms with Crippen molar-refractivity contribution in [2.75, 3.05) is 28.4 Å². The lowest BCUT2D eigenvalue weighted by Gasteiger charge is -2.34. The number of allylic oxidation sites excluding steroid dienone is 2. The van der Waals surface area contributed by atoms with E-state index in [2.05, 4.69) is 5.32 Å². The number of carbonyl (C=O) groups excluding carboxylic acids is 2. The highest BCUT2D eigenvalue weighted by Gasteiger charge is 2.38. The van der Waals surface area contributed by atoms with Crippen LogP contribution in [-0.2, 0) is 9.59 Å². The summed E-state index contributed by atoms with van der Waals surface area (Å²) in [6.07, 6.45) is 1.13. The van der Waals surface area contributed by atoms with Crippen LogP contribution in [0.15, 0.2) is 47.7 Å². The average molecular weight is 437 g/mol. The fraction of sp³-hybridized carbons (Fsp3) is 0.360. The van der Waals surface area contributed by atoms with E-state index in [0.717, 1.165) is 11.1 Å². The van der Waals surface area contributed by atoms with Gasteiger partial charge in [0.2, 0.25) is 11.7 Å². The van der Waals surface area contributed by atoms with E-state index in [1.165, 1.54) is 0 Å². The van der Waals surface area contributed by atoms with Gasteiger partial charge in [-0.1, -0.05) is 12.1 Å². The van der Waals surface area contributed by atoms with E-state index in [0.29, 0.717) is 47.1 Å². The van der Waals surface area contributed by atoms with Gasteiger partial charge in [-0.05, 0) is 47.7 Å². The van der Waals surface area contributed by atoms with Crippen molar-refractivity contribution >= 4 is 11.7 Å². The summed E-state index contributed by atoms with van der Waals surface area (Å²) in [5.41, 5.74) is 3.20. The number of hydrogen-bond donors (Lipinski definition) is 1. The van der Waals surface area contributed by atoms with E-state index in [9.17, 15) is 9.59 Å². The summed E-state index contributed by atoms with van der Waals surface area (Å²) in [5, 5.41) is 2.96. The highest BCUT2D eigenvalue weighted by molar-refractivity contribution is 6.02. The summed E-state index contributed by atoms with van der Waals surface area (Å²) in [4.78, 5) is 25.9. The Morgan fingerprint density at radius 3 is 2.16 bits per heavy atom. The van der Waals surface area contributed by atoms with Crippen molar-refractivity contribution < 1.29 is 28.5 Å². The minimum Gasteiger partial charge on any atom is -0.497 e. The van der Waals surface area contributed by atoms with Gasteiger partial charge in [0.25, 0.3) is 0 Å². The molecule has 1 aliphatic carbocycles. The molecule has 2 aromatic rings. The fourth-order valence-corrected chi connectivity index (χ4v) is 4.68. The number of benzene rings is 2. The quantitative estimate of drug-likeness (QED) is 0.742. The molecular weight excluding hydrogens is 410 g/mol. The number of ether oxygens (including phenoxy) is 4. The molecular formula is C25H27NO6. The fourth-order valence-electron chi connectivity index (χ4n) is 4.68. The monoisotopic (exact) mass is 437 g/mol. The van der Waals surface area contributed by atoms with Gasteiger partial charge in [0.1, 0.15) is 5.75 Å². The van der Waals surface area contributed by atoms with E-state index >= 15 is 0 Å². The summed E-state index contributed by atoms with van der Waals surface area (Å²) >= 11 is 0. The van der Waals surface area contributed by atoms with Gasteiger partial charge in [-0.15, -0.1) is 0 Å². The molecule has 1 aliphatic heterocycles. The van der Waals surface area contributed by atoms with Crippen LogP contribution in [0.1, 0.15) is 42.2 Å². The van der Waals surface area contributed by atoms with Crippen molar-refractivity contribution in [2.24, 2.45) is 0 Å². The standard InChI is InChI=1S/C25H27NO6/c1-29-17-7-5-6-14(8-17)18-13-23(28)26-19-9-15(10-20(27)24(18)19)16-11-21(30-2)25(32-4)22(12-16)31-3/h5-8,11-12,15,18H,9-10,13H2,1-4H3,(H,26,28). The summed E-state index contributed by atoms with van der Waals surface area (Å²) < 4.78 is 21.7. The Labute approximate surface area is 187 Å². The molecule has 7 nitrogen and oxygen atoms in total. The second-order valence-electron chi connectivity index (χ2n) is 7.96. The Hall–Kier alpha value is -3.48. The van der Waals surface area contributed by atoms with E-state index in [1.54, 1.807) is 28.4 Å². The Bertz CT molecular complexity index is 1060. The molecule has 1 N–H and O–H groups in total. The number of Topliss-reactive ketones (excluding diaryl/α,β-unsaturated/α-hetero) is 1. The van der Waals surface area contributed by atoms with Crippen molar-refractivity contribution in [1.29, 1.82) is 0 Å². The van der Waals surface area contributed by atoms with E-state index < -0.39 is 0 Å². The first-order valence-corrected chi connectivity index (χ1v) is 10.5. The van der Waals surface area contributed by atoms with Crippen LogP contribution in [0.4, 0.5) is 0 Å².